The lowest BCUT2D eigenvalue weighted by Crippen LogP contribution is -2.54. The fourth-order valence-corrected chi connectivity index (χ4v) is 7.69. The van der Waals surface area contributed by atoms with Crippen LogP contribution in [0.2, 0.25) is 0 Å². The van der Waals surface area contributed by atoms with Crippen molar-refractivity contribution in [2.45, 2.75) is 77.7 Å². The predicted molar refractivity (Wildman–Crippen MR) is 95.3 cm³/mol. The van der Waals surface area contributed by atoms with Gasteiger partial charge in [0.1, 0.15) is 5.78 Å². The molecule has 4 saturated carbocycles. The number of ketones is 1. The van der Waals surface area contributed by atoms with E-state index in [0.717, 1.165) is 37.0 Å². The zero-order chi connectivity index (χ0) is 17.1. The molecule has 3 nitrogen and oxygen atoms in total. The lowest BCUT2D eigenvalue weighted by atomic mass is 9.44. The molecule has 0 spiro atoms. The minimum absolute atomic E-state index is 0.0770. The second-order valence-corrected chi connectivity index (χ2v) is 9.94. The van der Waals surface area contributed by atoms with Crippen molar-refractivity contribution in [1.82, 2.24) is 0 Å². The summed E-state index contributed by atoms with van der Waals surface area (Å²) in [6.07, 6.45) is 10.6. The van der Waals surface area contributed by atoms with E-state index in [1.54, 1.807) is 0 Å². The molecule has 4 rings (SSSR count). The Morgan fingerprint density at radius 3 is 2.46 bits per heavy atom. The van der Waals surface area contributed by atoms with Gasteiger partial charge in [-0.3, -0.25) is 4.79 Å². The van der Waals surface area contributed by atoms with Gasteiger partial charge in [-0.15, -0.1) is 0 Å². The van der Waals surface area contributed by atoms with Gasteiger partial charge in [-0.25, -0.2) is 0 Å². The maximum Gasteiger partial charge on any atom is 0.149 e. The Bertz CT molecular complexity index is 520. The highest BCUT2D eigenvalue weighted by molar-refractivity contribution is 5.82. The van der Waals surface area contributed by atoms with Crippen molar-refractivity contribution in [2.24, 2.45) is 46.2 Å². The zero-order valence-electron chi connectivity index (χ0n) is 15.5. The highest BCUT2D eigenvalue weighted by Gasteiger charge is 2.60. The first-order valence-electron chi connectivity index (χ1n) is 10.3. The summed E-state index contributed by atoms with van der Waals surface area (Å²) in [7, 11) is 0. The van der Waals surface area contributed by atoms with Crippen LogP contribution in [-0.4, -0.2) is 23.5 Å². The van der Waals surface area contributed by atoms with Crippen LogP contribution in [0.3, 0.4) is 0 Å². The molecule has 3 unspecified atom stereocenters. The number of aliphatic hydroxyl groups is 1. The standard InChI is InChI=1S/C21H35NO2/c1-20-9-7-13(18(23)12-22)11-14(20)3-4-15-16-5-6-19(24)21(16,2)10-8-17(15)20/h13-17,19,24H,3-12,22H2,1-2H3/t13?,14?,15-,16-,17+,19?,20-,21-/m0/s1. The van der Waals surface area contributed by atoms with E-state index in [4.69, 9.17) is 5.73 Å². The minimum atomic E-state index is -0.0770. The monoisotopic (exact) mass is 333 g/mol. The number of hydrogen-bond acceptors (Lipinski definition) is 3. The maximum absolute atomic E-state index is 12.1. The van der Waals surface area contributed by atoms with Crippen molar-refractivity contribution in [3.05, 3.63) is 0 Å². The van der Waals surface area contributed by atoms with Crippen molar-refractivity contribution >= 4 is 5.78 Å². The molecule has 0 aromatic rings. The van der Waals surface area contributed by atoms with Gasteiger partial charge in [0.15, 0.2) is 0 Å². The summed E-state index contributed by atoms with van der Waals surface area (Å²) in [6, 6.07) is 0. The fraction of sp³-hybridized carbons (Fsp3) is 0.952. The highest BCUT2D eigenvalue weighted by atomic mass is 16.3. The zero-order valence-corrected chi connectivity index (χ0v) is 15.5. The molecule has 4 aliphatic rings. The highest BCUT2D eigenvalue weighted by Crippen LogP contribution is 2.66. The van der Waals surface area contributed by atoms with E-state index in [2.05, 4.69) is 13.8 Å². The van der Waals surface area contributed by atoms with Crippen molar-refractivity contribution < 1.29 is 9.90 Å². The molecule has 0 bridgehead atoms. The van der Waals surface area contributed by atoms with Crippen LogP contribution in [0.5, 0.6) is 0 Å². The van der Waals surface area contributed by atoms with Gasteiger partial charge in [-0.2, -0.15) is 0 Å². The molecule has 4 fully saturated rings. The third-order valence-electron chi connectivity index (χ3n) is 9.27. The summed E-state index contributed by atoms with van der Waals surface area (Å²) in [4.78, 5) is 12.1. The van der Waals surface area contributed by atoms with Gasteiger partial charge >= 0.3 is 0 Å². The Labute approximate surface area is 146 Å². The van der Waals surface area contributed by atoms with E-state index in [1.165, 1.54) is 38.5 Å². The summed E-state index contributed by atoms with van der Waals surface area (Å²) < 4.78 is 0. The van der Waals surface area contributed by atoms with Crippen LogP contribution in [0.25, 0.3) is 0 Å². The molecule has 0 radical (unpaired) electrons. The molecule has 0 saturated heterocycles. The number of nitrogens with two attached hydrogens (primary N) is 1. The van der Waals surface area contributed by atoms with E-state index in [9.17, 15) is 9.90 Å². The van der Waals surface area contributed by atoms with Gasteiger partial charge in [0.05, 0.1) is 12.6 Å². The van der Waals surface area contributed by atoms with Gasteiger partial charge in [0, 0.05) is 5.92 Å². The lowest BCUT2D eigenvalue weighted by molar-refractivity contribution is -0.138. The fourth-order valence-electron chi connectivity index (χ4n) is 7.69. The van der Waals surface area contributed by atoms with Gasteiger partial charge in [-0.1, -0.05) is 13.8 Å². The maximum atomic E-state index is 12.1. The summed E-state index contributed by atoms with van der Waals surface area (Å²) in [6.45, 7) is 5.11. The molecule has 3 N–H and O–H groups in total. The number of carbonyl (C=O) groups is 1. The molecule has 3 heteroatoms. The second-order valence-electron chi connectivity index (χ2n) is 9.94. The first-order valence-corrected chi connectivity index (χ1v) is 10.3. The van der Waals surface area contributed by atoms with E-state index in [0.29, 0.717) is 11.3 Å². The Kier molecular flexibility index (Phi) is 4.12. The molecule has 24 heavy (non-hydrogen) atoms. The summed E-state index contributed by atoms with van der Waals surface area (Å²) in [5, 5.41) is 10.5. The molecule has 0 amide bonds. The molecule has 0 aliphatic heterocycles. The van der Waals surface area contributed by atoms with Crippen LogP contribution < -0.4 is 5.73 Å². The van der Waals surface area contributed by atoms with Crippen molar-refractivity contribution in [3.63, 3.8) is 0 Å². The molecule has 0 heterocycles. The Hall–Kier alpha value is -0.410. The normalized spacial score (nSPS) is 53.8. The number of fused-ring (bicyclic) bond motifs is 5. The van der Waals surface area contributed by atoms with Crippen molar-refractivity contribution in [2.75, 3.05) is 6.54 Å². The van der Waals surface area contributed by atoms with Crippen LogP contribution in [-0.2, 0) is 4.79 Å². The van der Waals surface area contributed by atoms with E-state index in [-0.39, 0.29) is 29.8 Å². The summed E-state index contributed by atoms with van der Waals surface area (Å²) >= 11 is 0. The number of hydrogen-bond donors (Lipinski definition) is 2. The third-order valence-corrected chi connectivity index (χ3v) is 9.27. The Morgan fingerprint density at radius 2 is 1.71 bits per heavy atom. The summed E-state index contributed by atoms with van der Waals surface area (Å²) in [5.74, 6) is 3.58. The Morgan fingerprint density at radius 1 is 1.00 bits per heavy atom. The van der Waals surface area contributed by atoms with Gasteiger partial charge in [-0.05, 0) is 92.3 Å². The lowest BCUT2D eigenvalue weighted by Gasteiger charge is -2.60. The predicted octanol–water partition coefficient (Wildman–Crippen LogP) is 3.53. The first-order chi connectivity index (χ1) is 11.4. The molecular formula is C21H35NO2. The number of carbonyl (C=O) groups excluding carboxylic acids is 1. The van der Waals surface area contributed by atoms with Crippen molar-refractivity contribution in [1.29, 1.82) is 0 Å². The molecular weight excluding hydrogens is 298 g/mol. The van der Waals surface area contributed by atoms with Gasteiger partial charge in [0.25, 0.3) is 0 Å². The number of Topliss-reactive ketones (excluding diaryl/α,β-unsaturated/α-hetero) is 1. The van der Waals surface area contributed by atoms with Crippen LogP contribution in [0, 0.1) is 40.4 Å². The molecule has 136 valence electrons. The van der Waals surface area contributed by atoms with E-state index < -0.39 is 0 Å². The minimum Gasteiger partial charge on any atom is -0.393 e. The van der Waals surface area contributed by atoms with Crippen LogP contribution in [0.1, 0.15) is 71.6 Å². The molecule has 0 aromatic heterocycles. The SMILES string of the molecule is C[C@]12CCC(C(=O)CN)CC1CC[C@@H]1[C@H]2CC[C@]2(C)C(O)CC[C@@H]12. The van der Waals surface area contributed by atoms with Crippen LogP contribution in [0.15, 0.2) is 0 Å². The largest absolute Gasteiger partial charge is 0.393 e. The molecule has 8 atom stereocenters. The summed E-state index contributed by atoms with van der Waals surface area (Å²) in [5.41, 5.74) is 6.22. The number of aliphatic hydroxyl groups excluding tert-OH is 1. The quantitative estimate of drug-likeness (QED) is 0.812. The Balaban J connectivity index is 1.55. The molecule has 4 aliphatic carbocycles. The second kappa shape index (κ2) is 5.81. The average Bonchev–Trinajstić information content (AvgIpc) is 2.88. The van der Waals surface area contributed by atoms with Crippen LogP contribution >= 0.6 is 0 Å². The van der Waals surface area contributed by atoms with Crippen molar-refractivity contribution in [3.8, 4) is 0 Å². The first kappa shape index (κ1) is 17.0. The third kappa shape index (κ3) is 2.26. The smallest absolute Gasteiger partial charge is 0.149 e. The topological polar surface area (TPSA) is 63.3 Å². The van der Waals surface area contributed by atoms with E-state index >= 15 is 0 Å². The molecule has 0 aromatic carbocycles. The number of rotatable bonds is 2. The van der Waals surface area contributed by atoms with Gasteiger partial charge < -0.3 is 10.8 Å². The van der Waals surface area contributed by atoms with Gasteiger partial charge in [0.2, 0.25) is 0 Å². The van der Waals surface area contributed by atoms with E-state index in [1.807, 2.05) is 0 Å². The van der Waals surface area contributed by atoms with Crippen LogP contribution in [0.4, 0.5) is 0 Å². The average molecular weight is 334 g/mol.